The summed E-state index contributed by atoms with van der Waals surface area (Å²) in [6.45, 7) is 3.72. The summed E-state index contributed by atoms with van der Waals surface area (Å²) in [7, 11) is 1.73. The van der Waals surface area contributed by atoms with E-state index in [0.717, 1.165) is 0 Å². The van der Waals surface area contributed by atoms with Gasteiger partial charge in [-0.15, -0.1) is 0 Å². The van der Waals surface area contributed by atoms with Crippen molar-refractivity contribution >= 4 is 5.97 Å². The van der Waals surface area contributed by atoms with Crippen molar-refractivity contribution in [2.75, 3.05) is 7.05 Å². The lowest BCUT2D eigenvalue weighted by molar-refractivity contribution is -0.148. The van der Waals surface area contributed by atoms with E-state index >= 15 is 0 Å². The van der Waals surface area contributed by atoms with Crippen LogP contribution in [0.2, 0.25) is 0 Å². The van der Waals surface area contributed by atoms with Crippen molar-refractivity contribution < 1.29 is 14.4 Å². The molecule has 5 heteroatoms. The standard InChI is InChI=1S/C9H14N2O3/c1-9(2,8(12)13)11(3)6-7-4-5-10-14-7/h4-5H,6H2,1-3H3,(H,12,13). The fourth-order valence-electron chi connectivity index (χ4n) is 0.918. The Morgan fingerprint density at radius 1 is 1.71 bits per heavy atom. The molecule has 0 saturated carbocycles. The first-order valence-electron chi connectivity index (χ1n) is 4.29. The molecule has 0 aliphatic carbocycles. The third kappa shape index (κ3) is 2.11. The van der Waals surface area contributed by atoms with Gasteiger partial charge in [0.2, 0.25) is 0 Å². The van der Waals surface area contributed by atoms with Gasteiger partial charge in [-0.05, 0) is 20.9 Å². The minimum absolute atomic E-state index is 0.430. The van der Waals surface area contributed by atoms with E-state index < -0.39 is 11.5 Å². The zero-order valence-electron chi connectivity index (χ0n) is 8.52. The summed E-state index contributed by atoms with van der Waals surface area (Å²) in [6, 6.07) is 1.72. The van der Waals surface area contributed by atoms with Crippen molar-refractivity contribution in [3.63, 3.8) is 0 Å². The van der Waals surface area contributed by atoms with Crippen LogP contribution in [0, 0.1) is 0 Å². The normalized spacial score (nSPS) is 12.0. The highest BCUT2D eigenvalue weighted by molar-refractivity contribution is 5.77. The van der Waals surface area contributed by atoms with E-state index in [-0.39, 0.29) is 0 Å². The highest BCUT2D eigenvalue weighted by Gasteiger charge is 2.32. The van der Waals surface area contributed by atoms with Gasteiger partial charge >= 0.3 is 5.97 Å². The van der Waals surface area contributed by atoms with Gasteiger partial charge in [0.1, 0.15) is 5.54 Å². The van der Waals surface area contributed by atoms with Crippen molar-refractivity contribution in [3.8, 4) is 0 Å². The highest BCUT2D eigenvalue weighted by Crippen LogP contribution is 2.15. The molecule has 1 aromatic heterocycles. The Hall–Kier alpha value is -1.36. The van der Waals surface area contributed by atoms with Gasteiger partial charge in [-0.25, -0.2) is 0 Å². The van der Waals surface area contributed by atoms with Crippen LogP contribution in [0.4, 0.5) is 0 Å². The molecule has 14 heavy (non-hydrogen) atoms. The Bertz CT molecular complexity index is 306. The van der Waals surface area contributed by atoms with Gasteiger partial charge in [-0.1, -0.05) is 5.16 Å². The first kappa shape index (κ1) is 10.7. The van der Waals surface area contributed by atoms with Crippen LogP contribution in [-0.4, -0.2) is 33.7 Å². The Kier molecular flexibility index (Phi) is 2.90. The second-order valence-electron chi connectivity index (χ2n) is 3.70. The number of hydrogen-bond acceptors (Lipinski definition) is 4. The van der Waals surface area contributed by atoms with Gasteiger partial charge in [0, 0.05) is 6.07 Å². The molecule has 1 aromatic rings. The summed E-state index contributed by atoms with van der Waals surface area (Å²) in [5, 5.41) is 12.5. The third-order valence-corrected chi connectivity index (χ3v) is 2.36. The Morgan fingerprint density at radius 2 is 2.36 bits per heavy atom. The number of aromatic nitrogens is 1. The molecule has 0 radical (unpaired) electrons. The lowest BCUT2D eigenvalue weighted by atomic mass is 10.0. The molecule has 0 amide bonds. The zero-order chi connectivity index (χ0) is 10.8. The molecular formula is C9H14N2O3. The van der Waals surface area contributed by atoms with Crippen LogP contribution in [0.3, 0.4) is 0 Å². The average molecular weight is 198 g/mol. The van der Waals surface area contributed by atoms with Crippen molar-refractivity contribution in [2.45, 2.75) is 25.9 Å². The van der Waals surface area contributed by atoms with E-state index in [0.29, 0.717) is 12.3 Å². The van der Waals surface area contributed by atoms with Crippen LogP contribution in [0.1, 0.15) is 19.6 Å². The maximum absolute atomic E-state index is 10.9. The molecule has 0 atom stereocenters. The van der Waals surface area contributed by atoms with Crippen LogP contribution in [0.5, 0.6) is 0 Å². The largest absolute Gasteiger partial charge is 0.480 e. The fourth-order valence-corrected chi connectivity index (χ4v) is 0.918. The maximum Gasteiger partial charge on any atom is 0.323 e. The summed E-state index contributed by atoms with van der Waals surface area (Å²) in [4.78, 5) is 12.6. The quantitative estimate of drug-likeness (QED) is 0.780. The van der Waals surface area contributed by atoms with E-state index in [2.05, 4.69) is 5.16 Å². The van der Waals surface area contributed by atoms with Crippen molar-refractivity contribution in [1.82, 2.24) is 10.1 Å². The van der Waals surface area contributed by atoms with Crippen LogP contribution in [0.15, 0.2) is 16.8 Å². The monoisotopic (exact) mass is 198 g/mol. The van der Waals surface area contributed by atoms with Gasteiger partial charge in [0.15, 0.2) is 5.76 Å². The number of hydrogen-bond donors (Lipinski definition) is 1. The minimum Gasteiger partial charge on any atom is -0.480 e. The molecule has 0 fully saturated rings. The lowest BCUT2D eigenvalue weighted by Crippen LogP contribution is -2.47. The number of carbonyl (C=O) groups is 1. The summed E-state index contributed by atoms with van der Waals surface area (Å²) >= 11 is 0. The van der Waals surface area contributed by atoms with Gasteiger partial charge in [0.05, 0.1) is 12.7 Å². The molecule has 1 heterocycles. The Labute approximate surface area is 82.3 Å². The smallest absolute Gasteiger partial charge is 0.323 e. The fraction of sp³-hybridized carbons (Fsp3) is 0.556. The molecule has 1 rings (SSSR count). The average Bonchev–Trinajstić information content (AvgIpc) is 2.56. The number of carboxylic acids is 1. The van der Waals surface area contributed by atoms with Crippen molar-refractivity contribution in [1.29, 1.82) is 0 Å². The minimum atomic E-state index is -0.910. The number of nitrogens with zero attached hydrogens (tertiary/aromatic N) is 2. The van der Waals surface area contributed by atoms with E-state index in [1.54, 1.807) is 31.9 Å². The maximum atomic E-state index is 10.9. The van der Waals surface area contributed by atoms with E-state index in [1.165, 1.54) is 6.20 Å². The van der Waals surface area contributed by atoms with Crippen molar-refractivity contribution in [2.24, 2.45) is 0 Å². The molecule has 0 aromatic carbocycles. The molecule has 0 unspecified atom stereocenters. The summed E-state index contributed by atoms with van der Waals surface area (Å²) < 4.78 is 4.89. The SMILES string of the molecule is CN(Cc1ccno1)C(C)(C)C(=O)O. The molecule has 78 valence electrons. The molecular weight excluding hydrogens is 184 g/mol. The molecule has 0 aliphatic rings. The van der Waals surface area contributed by atoms with Crippen molar-refractivity contribution in [3.05, 3.63) is 18.0 Å². The van der Waals surface area contributed by atoms with Gasteiger partial charge in [-0.3, -0.25) is 9.69 Å². The topological polar surface area (TPSA) is 66.6 Å². The molecule has 0 bridgehead atoms. The molecule has 0 saturated heterocycles. The van der Waals surface area contributed by atoms with Crippen LogP contribution < -0.4 is 0 Å². The summed E-state index contributed by atoms with van der Waals surface area (Å²) in [5.74, 6) is -0.207. The number of likely N-dealkylation sites (N-methyl/N-ethyl adjacent to an activating group) is 1. The highest BCUT2D eigenvalue weighted by atomic mass is 16.5. The number of rotatable bonds is 4. The van der Waals surface area contributed by atoms with Crippen LogP contribution >= 0.6 is 0 Å². The van der Waals surface area contributed by atoms with Crippen LogP contribution in [0.25, 0.3) is 0 Å². The molecule has 1 N–H and O–H groups in total. The van der Waals surface area contributed by atoms with Gasteiger partial charge < -0.3 is 9.63 Å². The van der Waals surface area contributed by atoms with E-state index in [4.69, 9.17) is 9.63 Å². The summed E-state index contributed by atoms with van der Waals surface area (Å²) in [5.41, 5.74) is -0.910. The second-order valence-corrected chi connectivity index (χ2v) is 3.70. The Balaban J connectivity index is 2.67. The predicted octanol–water partition coefficient (Wildman–Crippen LogP) is 0.970. The summed E-state index contributed by atoms with van der Waals surface area (Å²) in [6.07, 6.45) is 1.54. The zero-order valence-corrected chi connectivity index (χ0v) is 8.52. The number of carboxylic acid groups (broad SMARTS) is 1. The second kappa shape index (κ2) is 3.79. The molecule has 0 aliphatic heterocycles. The van der Waals surface area contributed by atoms with E-state index in [9.17, 15) is 4.79 Å². The van der Waals surface area contributed by atoms with E-state index in [1.807, 2.05) is 0 Å². The first-order valence-corrected chi connectivity index (χ1v) is 4.29. The van der Waals surface area contributed by atoms with Gasteiger partial charge in [0.25, 0.3) is 0 Å². The lowest BCUT2D eigenvalue weighted by Gasteiger charge is -2.30. The molecule has 5 nitrogen and oxygen atoms in total. The first-order chi connectivity index (χ1) is 6.44. The van der Waals surface area contributed by atoms with Crippen LogP contribution in [-0.2, 0) is 11.3 Å². The third-order valence-electron chi connectivity index (χ3n) is 2.36. The predicted molar refractivity (Wildman–Crippen MR) is 49.7 cm³/mol. The molecule has 0 spiro atoms. The Morgan fingerprint density at radius 3 is 2.79 bits per heavy atom. The van der Waals surface area contributed by atoms with Gasteiger partial charge in [-0.2, -0.15) is 0 Å². The number of aliphatic carboxylic acids is 1.